The van der Waals surface area contributed by atoms with Crippen LogP contribution in [0.3, 0.4) is 0 Å². The molecule has 1 aliphatic carbocycles. The van der Waals surface area contributed by atoms with Crippen molar-refractivity contribution in [3.8, 4) is 0 Å². The summed E-state index contributed by atoms with van der Waals surface area (Å²) in [5.41, 5.74) is 0.499. The highest BCUT2D eigenvalue weighted by Crippen LogP contribution is 2.37. The summed E-state index contributed by atoms with van der Waals surface area (Å²) in [7, 11) is 4.19. The number of carbonyl (C=O) groups excluding carboxylic acids is 1. The van der Waals surface area contributed by atoms with Crippen molar-refractivity contribution in [2.24, 2.45) is 0 Å². The quantitative estimate of drug-likeness (QED) is 0.664. The van der Waals surface area contributed by atoms with Gasteiger partial charge in [0, 0.05) is 0 Å². The van der Waals surface area contributed by atoms with E-state index in [1.54, 1.807) is 0 Å². The fourth-order valence-electron chi connectivity index (χ4n) is 3.21. The van der Waals surface area contributed by atoms with Crippen LogP contribution in [-0.4, -0.2) is 32.7 Å². The van der Waals surface area contributed by atoms with E-state index in [0.29, 0.717) is 6.61 Å². The molecule has 0 bridgehead atoms. The number of hydrogen-bond donors (Lipinski definition) is 1. The molecule has 3 heteroatoms. The minimum absolute atomic E-state index is 0.0956. The molecule has 20 heavy (non-hydrogen) atoms. The number of allylic oxidation sites excluding steroid dienone is 1. The fourth-order valence-corrected chi connectivity index (χ4v) is 3.21. The van der Waals surface area contributed by atoms with E-state index in [2.05, 4.69) is 26.2 Å². The maximum absolute atomic E-state index is 12.8. The lowest BCUT2D eigenvalue weighted by Crippen LogP contribution is -3.12. The first-order valence-corrected chi connectivity index (χ1v) is 7.32. The van der Waals surface area contributed by atoms with Crippen LogP contribution in [0.1, 0.15) is 25.3 Å². The first-order chi connectivity index (χ1) is 9.63. The summed E-state index contributed by atoms with van der Waals surface area (Å²) in [5, 5.41) is 0. The zero-order chi connectivity index (χ0) is 14.6. The van der Waals surface area contributed by atoms with Crippen LogP contribution in [-0.2, 0) is 14.9 Å². The van der Waals surface area contributed by atoms with Crippen molar-refractivity contribution in [2.45, 2.75) is 31.2 Å². The van der Waals surface area contributed by atoms with Crippen molar-refractivity contribution in [2.75, 3.05) is 20.7 Å². The Hall–Kier alpha value is -1.61. The molecule has 108 valence electrons. The van der Waals surface area contributed by atoms with Crippen molar-refractivity contribution in [1.82, 2.24) is 0 Å². The van der Waals surface area contributed by atoms with Gasteiger partial charge in [-0.05, 0) is 31.4 Å². The van der Waals surface area contributed by atoms with Crippen molar-refractivity contribution in [3.05, 3.63) is 48.0 Å². The van der Waals surface area contributed by atoms with Gasteiger partial charge < -0.3 is 9.64 Å². The largest absolute Gasteiger partial charge is 0.465 e. The highest BCUT2D eigenvalue weighted by Gasteiger charge is 2.51. The number of benzene rings is 1. The van der Waals surface area contributed by atoms with E-state index in [4.69, 9.17) is 4.74 Å². The van der Waals surface area contributed by atoms with E-state index in [1.807, 2.05) is 37.3 Å². The van der Waals surface area contributed by atoms with Crippen molar-refractivity contribution >= 4 is 5.97 Å². The molecule has 0 spiro atoms. The Morgan fingerprint density at radius 3 is 2.65 bits per heavy atom. The number of likely N-dealkylation sites (N-methyl/N-ethyl adjacent to an activating group) is 1. The summed E-state index contributed by atoms with van der Waals surface area (Å²) in [6, 6.07) is 10.2. The van der Waals surface area contributed by atoms with Gasteiger partial charge in [-0.25, -0.2) is 0 Å². The molecular weight excluding hydrogens is 250 g/mol. The minimum atomic E-state index is -0.565. The maximum Gasteiger partial charge on any atom is 0.323 e. The lowest BCUT2D eigenvalue weighted by molar-refractivity contribution is -0.882. The molecule has 1 aromatic rings. The molecular formula is C17H24NO2+. The topological polar surface area (TPSA) is 30.7 Å². The molecule has 2 atom stereocenters. The van der Waals surface area contributed by atoms with Crippen molar-refractivity contribution < 1.29 is 14.4 Å². The van der Waals surface area contributed by atoms with Crippen LogP contribution >= 0.6 is 0 Å². The summed E-state index contributed by atoms with van der Waals surface area (Å²) >= 11 is 0. The lowest BCUT2D eigenvalue weighted by Gasteiger charge is -2.40. The predicted molar refractivity (Wildman–Crippen MR) is 79.7 cm³/mol. The van der Waals surface area contributed by atoms with Gasteiger partial charge in [-0.3, -0.25) is 4.79 Å². The van der Waals surface area contributed by atoms with E-state index in [0.717, 1.165) is 18.4 Å². The standard InChI is InChI=1S/C17H23NO2/c1-4-20-16(19)17(14-10-6-5-7-11-14)13-9-8-12-15(17)18(2)3/h5-8,10-12,15H,4,9,13H2,1-3H3/p+1/t15-,17+/m1/s1. The van der Waals surface area contributed by atoms with Crippen LogP contribution in [0.25, 0.3) is 0 Å². The summed E-state index contributed by atoms with van der Waals surface area (Å²) in [6.45, 7) is 2.29. The van der Waals surface area contributed by atoms with Crippen LogP contribution in [0.4, 0.5) is 0 Å². The molecule has 1 aromatic carbocycles. The van der Waals surface area contributed by atoms with Crippen LogP contribution in [0.5, 0.6) is 0 Å². The van der Waals surface area contributed by atoms with E-state index in [9.17, 15) is 4.79 Å². The maximum atomic E-state index is 12.8. The Bertz CT molecular complexity index is 481. The van der Waals surface area contributed by atoms with Gasteiger partial charge in [0.05, 0.1) is 20.7 Å². The summed E-state index contributed by atoms with van der Waals surface area (Å²) in [4.78, 5) is 14.0. The Kier molecular flexibility index (Phi) is 4.61. The Balaban J connectivity index is 2.54. The van der Waals surface area contributed by atoms with E-state index in [-0.39, 0.29) is 12.0 Å². The monoisotopic (exact) mass is 274 g/mol. The SMILES string of the molecule is CCOC(=O)[C@]1(c2ccccc2)CCC=C[C@H]1[NH+](C)C. The molecule has 0 heterocycles. The summed E-state index contributed by atoms with van der Waals surface area (Å²) in [6.07, 6.45) is 6.07. The average Bonchev–Trinajstić information content (AvgIpc) is 2.48. The Morgan fingerprint density at radius 1 is 1.35 bits per heavy atom. The van der Waals surface area contributed by atoms with Gasteiger partial charge in [0.1, 0.15) is 11.5 Å². The Morgan fingerprint density at radius 2 is 2.05 bits per heavy atom. The summed E-state index contributed by atoms with van der Waals surface area (Å²) < 4.78 is 5.43. The highest BCUT2D eigenvalue weighted by molar-refractivity contribution is 5.85. The predicted octanol–water partition coefficient (Wildman–Crippen LogP) is 1.35. The smallest absolute Gasteiger partial charge is 0.323 e. The lowest BCUT2D eigenvalue weighted by atomic mass is 9.68. The second-order valence-corrected chi connectivity index (χ2v) is 5.58. The third-order valence-electron chi connectivity index (χ3n) is 4.12. The Labute approximate surface area is 121 Å². The van der Waals surface area contributed by atoms with Crippen molar-refractivity contribution in [1.29, 1.82) is 0 Å². The van der Waals surface area contributed by atoms with Crippen LogP contribution in [0.15, 0.2) is 42.5 Å². The molecule has 2 rings (SSSR count). The first kappa shape index (κ1) is 14.8. The molecule has 0 saturated heterocycles. The molecule has 0 aromatic heterocycles. The number of carbonyl (C=O) groups is 1. The van der Waals surface area contributed by atoms with Gasteiger partial charge in [0.25, 0.3) is 0 Å². The molecule has 0 amide bonds. The van der Waals surface area contributed by atoms with E-state index in [1.165, 1.54) is 4.90 Å². The van der Waals surface area contributed by atoms with Gasteiger partial charge in [0.15, 0.2) is 0 Å². The zero-order valence-electron chi connectivity index (χ0n) is 12.6. The molecule has 0 saturated carbocycles. The van der Waals surface area contributed by atoms with Crippen LogP contribution in [0, 0.1) is 0 Å². The normalized spacial score (nSPS) is 25.7. The van der Waals surface area contributed by atoms with Gasteiger partial charge in [-0.1, -0.05) is 36.4 Å². The van der Waals surface area contributed by atoms with Gasteiger partial charge in [-0.2, -0.15) is 0 Å². The highest BCUT2D eigenvalue weighted by atomic mass is 16.5. The third-order valence-corrected chi connectivity index (χ3v) is 4.12. The van der Waals surface area contributed by atoms with Gasteiger partial charge in [-0.15, -0.1) is 0 Å². The molecule has 1 aliphatic rings. The summed E-state index contributed by atoms with van der Waals surface area (Å²) in [5.74, 6) is -0.0956. The fraction of sp³-hybridized carbons (Fsp3) is 0.471. The number of esters is 1. The number of quaternary nitrogens is 1. The van der Waals surface area contributed by atoms with Crippen LogP contribution < -0.4 is 4.90 Å². The number of hydrogen-bond acceptors (Lipinski definition) is 2. The average molecular weight is 274 g/mol. The number of nitrogens with one attached hydrogen (secondary N) is 1. The molecule has 3 nitrogen and oxygen atoms in total. The van der Waals surface area contributed by atoms with E-state index < -0.39 is 5.41 Å². The zero-order valence-corrected chi connectivity index (χ0v) is 12.6. The van der Waals surface area contributed by atoms with Crippen LogP contribution in [0.2, 0.25) is 0 Å². The number of rotatable bonds is 4. The molecule has 1 N–H and O–H groups in total. The molecule has 0 aliphatic heterocycles. The second-order valence-electron chi connectivity index (χ2n) is 5.58. The van der Waals surface area contributed by atoms with Gasteiger partial charge in [0.2, 0.25) is 0 Å². The molecule has 0 radical (unpaired) electrons. The molecule has 0 unspecified atom stereocenters. The third kappa shape index (κ3) is 2.50. The van der Waals surface area contributed by atoms with E-state index >= 15 is 0 Å². The van der Waals surface area contributed by atoms with Crippen molar-refractivity contribution in [3.63, 3.8) is 0 Å². The van der Waals surface area contributed by atoms with Gasteiger partial charge >= 0.3 is 5.97 Å². The minimum Gasteiger partial charge on any atom is -0.465 e. The second kappa shape index (κ2) is 6.23. The number of ether oxygens (including phenoxy) is 1. The molecule has 0 fully saturated rings. The first-order valence-electron chi connectivity index (χ1n) is 7.32.